The molecule has 0 atom stereocenters. The number of nitrogens with one attached hydrogen (secondary N) is 2. The number of likely N-dealkylation sites (tertiary alicyclic amines) is 1. The van der Waals surface area contributed by atoms with Crippen molar-refractivity contribution in [2.75, 3.05) is 19.6 Å². The Balaban J connectivity index is 1.42. The minimum Gasteiger partial charge on any atom is -0.465 e. The number of aryl methyl sites for hydroxylation is 1. The molecule has 1 saturated heterocycles. The highest BCUT2D eigenvalue weighted by Gasteiger charge is 2.44. The number of carbonyl (C=O) groups excluding carboxylic acids is 1. The minimum atomic E-state index is -1.31. The van der Waals surface area contributed by atoms with Gasteiger partial charge >= 0.3 is 6.09 Å². The van der Waals surface area contributed by atoms with Crippen molar-refractivity contribution < 1.29 is 24.2 Å². The number of carboxylic acid groups (broad SMARTS) is 1. The Morgan fingerprint density at radius 2 is 2.12 bits per heavy atom. The van der Waals surface area contributed by atoms with E-state index in [1.54, 1.807) is 17.8 Å². The van der Waals surface area contributed by atoms with E-state index in [1.165, 1.54) is 24.5 Å². The summed E-state index contributed by atoms with van der Waals surface area (Å²) in [6, 6.07) is 4.33. The van der Waals surface area contributed by atoms with Gasteiger partial charge in [0.25, 0.3) is 5.91 Å². The first-order valence-corrected chi connectivity index (χ1v) is 9.69. The van der Waals surface area contributed by atoms with E-state index < -0.39 is 17.6 Å². The van der Waals surface area contributed by atoms with Crippen molar-refractivity contribution in [3.05, 3.63) is 42.0 Å². The van der Waals surface area contributed by atoms with E-state index in [1.807, 2.05) is 0 Å². The minimum absolute atomic E-state index is 0.0756. The molecular weight excluding hydrogens is 421 g/mol. The molecule has 1 fully saturated rings. The number of carbonyl (C=O) groups is 2. The number of benzene rings is 1. The summed E-state index contributed by atoms with van der Waals surface area (Å²) in [7, 11) is 1.70. The molecule has 11 nitrogen and oxygen atoms in total. The first-order chi connectivity index (χ1) is 15.2. The van der Waals surface area contributed by atoms with Gasteiger partial charge in [0.05, 0.1) is 36.9 Å². The number of hydrogen-bond acceptors (Lipinski definition) is 6. The van der Waals surface area contributed by atoms with Crippen LogP contribution >= 0.6 is 0 Å². The molecule has 0 bridgehead atoms. The third-order valence-corrected chi connectivity index (χ3v) is 5.50. The predicted molar refractivity (Wildman–Crippen MR) is 110 cm³/mol. The normalized spacial score (nSPS) is 15.2. The van der Waals surface area contributed by atoms with Gasteiger partial charge in [0, 0.05) is 18.6 Å². The summed E-state index contributed by atoms with van der Waals surface area (Å²) in [6.45, 7) is -0.257. The van der Waals surface area contributed by atoms with E-state index in [4.69, 9.17) is 5.11 Å². The van der Waals surface area contributed by atoms with Gasteiger partial charge in [-0.3, -0.25) is 9.48 Å². The first-order valence-electron chi connectivity index (χ1n) is 9.69. The van der Waals surface area contributed by atoms with Crippen LogP contribution in [0.5, 0.6) is 0 Å². The Hall–Kier alpha value is -4.06. The molecule has 0 saturated carbocycles. The molecule has 164 valence electrons. The molecule has 3 aromatic heterocycles. The smallest absolute Gasteiger partial charge is 0.407 e. The molecule has 4 aromatic rings. The van der Waals surface area contributed by atoms with Crippen LogP contribution in [0.25, 0.3) is 33.5 Å². The quantitative estimate of drug-likeness (QED) is 0.372. The van der Waals surface area contributed by atoms with Crippen LogP contribution in [0.3, 0.4) is 0 Å². The fraction of sp³-hybridized carbons (Fsp3) is 0.250. The molecule has 32 heavy (non-hydrogen) atoms. The third-order valence-electron chi connectivity index (χ3n) is 5.50. The number of halogens is 1. The van der Waals surface area contributed by atoms with Gasteiger partial charge in [-0.25, -0.2) is 19.2 Å². The molecule has 0 unspecified atom stereocenters. The lowest BCUT2D eigenvalue weighted by molar-refractivity contribution is -0.0804. The molecule has 12 heteroatoms. The van der Waals surface area contributed by atoms with E-state index in [0.717, 1.165) is 4.90 Å². The second-order valence-electron chi connectivity index (χ2n) is 7.83. The highest BCUT2D eigenvalue weighted by Crippen LogP contribution is 2.28. The maximum Gasteiger partial charge on any atom is 0.407 e. The van der Waals surface area contributed by atoms with Crippen molar-refractivity contribution in [2.45, 2.75) is 5.60 Å². The van der Waals surface area contributed by atoms with Crippen molar-refractivity contribution in [1.29, 1.82) is 0 Å². The van der Waals surface area contributed by atoms with Gasteiger partial charge in [0.2, 0.25) is 0 Å². The van der Waals surface area contributed by atoms with Gasteiger partial charge in [-0.1, -0.05) is 0 Å². The number of hydrogen-bond donors (Lipinski definition) is 4. The Morgan fingerprint density at radius 3 is 2.88 bits per heavy atom. The van der Waals surface area contributed by atoms with Crippen molar-refractivity contribution in [3.8, 4) is 11.4 Å². The van der Waals surface area contributed by atoms with Crippen molar-refractivity contribution >= 4 is 34.1 Å². The van der Waals surface area contributed by atoms with Crippen LogP contribution in [0.15, 0.2) is 30.6 Å². The zero-order valence-corrected chi connectivity index (χ0v) is 16.8. The van der Waals surface area contributed by atoms with Crippen LogP contribution < -0.4 is 5.32 Å². The van der Waals surface area contributed by atoms with Crippen LogP contribution in [0.1, 0.15) is 10.4 Å². The standard InChI is InChI=1S/C20H18FN7O4/c1-27-14-4-10(21)2-3-11(14)15(26-27)13-6-23-17-16(25-13)12(5-22-17)18(29)24-7-20(32)8-28(9-20)19(30)31/h2-6,32H,7-9H2,1H3,(H,22,23)(H,24,29)(H,30,31). The van der Waals surface area contributed by atoms with Crippen LogP contribution in [0, 0.1) is 5.82 Å². The molecule has 4 N–H and O–H groups in total. The number of rotatable bonds is 4. The van der Waals surface area contributed by atoms with Gasteiger partial charge in [-0.2, -0.15) is 5.10 Å². The van der Waals surface area contributed by atoms with Gasteiger partial charge in [-0.15, -0.1) is 0 Å². The number of nitrogens with zero attached hydrogens (tertiary/aromatic N) is 5. The monoisotopic (exact) mass is 439 g/mol. The maximum absolute atomic E-state index is 13.6. The zero-order chi connectivity index (χ0) is 22.6. The van der Waals surface area contributed by atoms with Gasteiger partial charge in [-0.05, 0) is 18.2 Å². The van der Waals surface area contributed by atoms with Crippen molar-refractivity contribution in [2.24, 2.45) is 7.05 Å². The summed E-state index contributed by atoms with van der Waals surface area (Å²) in [6.07, 6.45) is 1.86. The molecule has 0 spiro atoms. The lowest BCUT2D eigenvalue weighted by Gasteiger charge is -2.44. The molecule has 1 aliphatic rings. The average molecular weight is 439 g/mol. The number of aromatic amines is 1. The molecule has 5 rings (SSSR count). The van der Waals surface area contributed by atoms with Crippen LogP contribution in [-0.4, -0.2) is 77.1 Å². The van der Waals surface area contributed by atoms with Gasteiger partial charge < -0.3 is 25.4 Å². The van der Waals surface area contributed by atoms with Crippen molar-refractivity contribution in [3.63, 3.8) is 0 Å². The molecule has 1 aliphatic heterocycles. The molecule has 1 aromatic carbocycles. The SMILES string of the molecule is Cn1nc(-c2cnc3[nH]cc(C(=O)NCC4(O)CN(C(=O)O)C4)c3n2)c2ccc(F)cc21. The largest absolute Gasteiger partial charge is 0.465 e. The maximum atomic E-state index is 13.6. The van der Waals surface area contributed by atoms with Crippen LogP contribution in [0.2, 0.25) is 0 Å². The second-order valence-corrected chi connectivity index (χ2v) is 7.83. The fourth-order valence-electron chi connectivity index (χ4n) is 3.85. The highest BCUT2D eigenvalue weighted by molar-refractivity contribution is 6.05. The number of amides is 2. The number of H-pyrrole nitrogens is 1. The van der Waals surface area contributed by atoms with E-state index in [9.17, 15) is 19.1 Å². The Kier molecular flexibility index (Phi) is 4.34. The summed E-state index contributed by atoms with van der Waals surface area (Å²) in [5.41, 5.74) is 1.13. The summed E-state index contributed by atoms with van der Waals surface area (Å²) >= 11 is 0. The lowest BCUT2D eigenvalue weighted by Crippen LogP contribution is -2.67. The third kappa shape index (κ3) is 3.21. The molecule has 2 amide bonds. The van der Waals surface area contributed by atoms with E-state index >= 15 is 0 Å². The molecule has 0 aliphatic carbocycles. The van der Waals surface area contributed by atoms with Crippen LogP contribution in [-0.2, 0) is 7.05 Å². The van der Waals surface area contributed by atoms with E-state index in [2.05, 4.69) is 25.4 Å². The fourth-order valence-corrected chi connectivity index (χ4v) is 3.85. The van der Waals surface area contributed by atoms with E-state index in [-0.39, 0.29) is 31.0 Å². The lowest BCUT2D eigenvalue weighted by atomic mass is 9.94. The predicted octanol–water partition coefficient (Wildman–Crippen LogP) is 1.11. The number of aromatic nitrogens is 5. The Labute approximate surface area is 179 Å². The van der Waals surface area contributed by atoms with Crippen LogP contribution in [0.4, 0.5) is 9.18 Å². The highest BCUT2D eigenvalue weighted by atomic mass is 19.1. The molecule has 4 heterocycles. The average Bonchev–Trinajstić information content (AvgIpc) is 3.30. The van der Waals surface area contributed by atoms with E-state index in [0.29, 0.717) is 33.5 Å². The second kappa shape index (κ2) is 6.99. The summed E-state index contributed by atoms with van der Waals surface area (Å²) in [4.78, 5) is 36.4. The number of fused-ring (bicyclic) bond motifs is 2. The Morgan fingerprint density at radius 1 is 1.34 bits per heavy atom. The number of β-amino-alcohol motifs (C(OH)–C–C–N with tert-alkyl or cyclic N) is 1. The summed E-state index contributed by atoms with van der Waals surface area (Å²) in [5.74, 6) is -0.865. The molecular formula is C20H18FN7O4. The van der Waals surface area contributed by atoms with Gasteiger partial charge in [0.1, 0.15) is 28.3 Å². The molecule has 0 radical (unpaired) electrons. The van der Waals surface area contributed by atoms with Gasteiger partial charge in [0.15, 0.2) is 5.65 Å². The topological polar surface area (TPSA) is 149 Å². The Bertz CT molecular complexity index is 1390. The van der Waals surface area contributed by atoms with Crippen molar-refractivity contribution in [1.82, 2.24) is 34.9 Å². The summed E-state index contributed by atoms with van der Waals surface area (Å²) < 4.78 is 15.2. The summed E-state index contributed by atoms with van der Waals surface area (Å²) in [5, 5.41) is 26.9. The zero-order valence-electron chi connectivity index (χ0n) is 16.8. The number of aliphatic hydroxyl groups is 1. The first kappa shape index (κ1) is 19.9.